The number of nitrogens with zero attached hydrogens (tertiary/aromatic N) is 2. The van der Waals surface area contributed by atoms with Gasteiger partial charge in [-0.25, -0.2) is 4.39 Å². The summed E-state index contributed by atoms with van der Waals surface area (Å²) < 4.78 is 14.0. The number of piperidine rings is 1. The molecule has 2 aliphatic rings. The SMILES string of the molecule is O=C(c1ccccc1F)N1CCCSCC1CN1CCCCC1. The van der Waals surface area contributed by atoms with E-state index in [0.717, 1.165) is 44.1 Å². The lowest BCUT2D eigenvalue weighted by atomic mass is 10.1. The van der Waals surface area contributed by atoms with Crippen LogP contribution >= 0.6 is 11.8 Å². The number of amides is 1. The van der Waals surface area contributed by atoms with Crippen molar-refractivity contribution in [3.8, 4) is 0 Å². The fourth-order valence-corrected chi connectivity index (χ4v) is 4.53. The number of likely N-dealkylation sites (tertiary alicyclic amines) is 1. The molecule has 0 aliphatic carbocycles. The topological polar surface area (TPSA) is 23.6 Å². The van der Waals surface area contributed by atoms with Crippen LogP contribution in [0.2, 0.25) is 0 Å². The van der Waals surface area contributed by atoms with Gasteiger partial charge in [-0.3, -0.25) is 4.79 Å². The number of carbonyl (C=O) groups is 1. The summed E-state index contributed by atoms with van der Waals surface area (Å²) in [4.78, 5) is 17.3. The highest BCUT2D eigenvalue weighted by molar-refractivity contribution is 7.99. The highest BCUT2D eigenvalue weighted by Gasteiger charge is 2.29. The maximum atomic E-state index is 14.0. The van der Waals surface area contributed by atoms with E-state index in [2.05, 4.69) is 4.90 Å². The van der Waals surface area contributed by atoms with Crippen molar-refractivity contribution in [1.82, 2.24) is 9.80 Å². The molecule has 1 atom stereocenters. The summed E-state index contributed by atoms with van der Waals surface area (Å²) in [5.41, 5.74) is 0.211. The number of hydrogen-bond acceptors (Lipinski definition) is 3. The minimum absolute atomic E-state index is 0.146. The summed E-state index contributed by atoms with van der Waals surface area (Å²) in [5.74, 6) is 1.48. The molecule has 23 heavy (non-hydrogen) atoms. The summed E-state index contributed by atoms with van der Waals surface area (Å²) in [6, 6.07) is 6.54. The minimum atomic E-state index is -0.411. The third-order valence-electron chi connectivity index (χ3n) is 4.72. The molecular formula is C18H25FN2OS. The molecule has 0 bridgehead atoms. The molecule has 3 nitrogen and oxygen atoms in total. The van der Waals surface area contributed by atoms with Crippen molar-refractivity contribution in [3.63, 3.8) is 0 Å². The number of benzene rings is 1. The molecule has 0 saturated carbocycles. The Kier molecular flexibility index (Phi) is 5.95. The van der Waals surface area contributed by atoms with Crippen molar-refractivity contribution in [2.24, 2.45) is 0 Å². The van der Waals surface area contributed by atoms with E-state index in [-0.39, 0.29) is 17.5 Å². The predicted octanol–water partition coefficient (Wildman–Crippen LogP) is 3.26. The van der Waals surface area contributed by atoms with Crippen LogP contribution in [0.25, 0.3) is 0 Å². The molecule has 1 amide bonds. The molecule has 0 radical (unpaired) electrons. The monoisotopic (exact) mass is 336 g/mol. The molecule has 2 aliphatic heterocycles. The number of thioether (sulfide) groups is 1. The van der Waals surface area contributed by atoms with Crippen LogP contribution in [0.4, 0.5) is 4.39 Å². The van der Waals surface area contributed by atoms with Crippen LogP contribution in [0.3, 0.4) is 0 Å². The van der Waals surface area contributed by atoms with Crippen LogP contribution < -0.4 is 0 Å². The smallest absolute Gasteiger partial charge is 0.257 e. The van der Waals surface area contributed by atoms with E-state index >= 15 is 0 Å². The van der Waals surface area contributed by atoms with E-state index in [1.807, 2.05) is 16.7 Å². The van der Waals surface area contributed by atoms with E-state index in [9.17, 15) is 9.18 Å². The fourth-order valence-electron chi connectivity index (χ4n) is 3.48. The van der Waals surface area contributed by atoms with Crippen LogP contribution in [0.15, 0.2) is 24.3 Å². The highest BCUT2D eigenvalue weighted by atomic mass is 32.2. The second-order valence-electron chi connectivity index (χ2n) is 6.42. The first-order chi connectivity index (χ1) is 11.3. The zero-order valence-electron chi connectivity index (χ0n) is 13.5. The third kappa shape index (κ3) is 4.27. The van der Waals surface area contributed by atoms with Gasteiger partial charge in [-0.05, 0) is 50.2 Å². The summed E-state index contributed by atoms with van der Waals surface area (Å²) in [6.07, 6.45) is 4.80. The van der Waals surface area contributed by atoms with Gasteiger partial charge in [-0.2, -0.15) is 11.8 Å². The maximum absolute atomic E-state index is 14.0. The fraction of sp³-hybridized carbons (Fsp3) is 0.611. The zero-order chi connectivity index (χ0) is 16.1. The largest absolute Gasteiger partial charge is 0.333 e. The standard InChI is InChI=1S/C18H25FN2OS/c19-17-8-3-2-7-16(17)18(22)21-11-6-12-23-14-15(21)13-20-9-4-1-5-10-20/h2-3,7-8,15H,1,4-6,9-14H2. The minimum Gasteiger partial charge on any atom is -0.333 e. The van der Waals surface area contributed by atoms with E-state index in [1.54, 1.807) is 18.2 Å². The Labute approximate surface area is 142 Å². The lowest BCUT2D eigenvalue weighted by Crippen LogP contribution is -2.49. The number of rotatable bonds is 3. The Morgan fingerprint density at radius 3 is 2.70 bits per heavy atom. The summed E-state index contributed by atoms with van der Waals surface area (Å²) in [5, 5.41) is 0. The van der Waals surface area contributed by atoms with Crippen LogP contribution in [0, 0.1) is 5.82 Å². The number of halogens is 1. The Morgan fingerprint density at radius 1 is 1.13 bits per heavy atom. The highest BCUT2D eigenvalue weighted by Crippen LogP contribution is 2.22. The molecule has 1 aromatic rings. The molecule has 5 heteroatoms. The molecule has 1 unspecified atom stereocenters. The average molecular weight is 336 g/mol. The van der Waals surface area contributed by atoms with Gasteiger partial charge in [0.05, 0.1) is 11.6 Å². The lowest BCUT2D eigenvalue weighted by molar-refractivity contribution is 0.0641. The normalized spacial score (nSPS) is 23.5. The third-order valence-corrected chi connectivity index (χ3v) is 5.92. The summed E-state index contributed by atoms with van der Waals surface area (Å²) in [7, 11) is 0. The van der Waals surface area contributed by atoms with E-state index < -0.39 is 5.82 Å². The molecule has 0 N–H and O–H groups in total. The molecule has 0 spiro atoms. The van der Waals surface area contributed by atoms with E-state index in [0.29, 0.717) is 0 Å². The number of carbonyl (C=O) groups excluding carboxylic acids is 1. The van der Waals surface area contributed by atoms with Gasteiger partial charge in [0.25, 0.3) is 5.91 Å². The molecule has 2 heterocycles. The molecule has 1 aromatic carbocycles. The Bertz CT molecular complexity index is 534. The Balaban J connectivity index is 1.75. The first kappa shape index (κ1) is 16.8. The molecular weight excluding hydrogens is 311 g/mol. The van der Waals surface area contributed by atoms with E-state index in [1.165, 1.54) is 25.3 Å². The summed E-state index contributed by atoms with van der Waals surface area (Å²) in [6.45, 7) is 3.91. The Morgan fingerprint density at radius 2 is 1.91 bits per heavy atom. The second kappa shape index (κ2) is 8.15. The van der Waals surface area contributed by atoms with Gasteiger partial charge in [0.2, 0.25) is 0 Å². The second-order valence-corrected chi connectivity index (χ2v) is 7.57. The quantitative estimate of drug-likeness (QED) is 0.846. The number of hydrogen-bond donors (Lipinski definition) is 0. The van der Waals surface area contributed by atoms with Crippen LogP contribution in [-0.2, 0) is 0 Å². The summed E-state index contributed by atoms with van der Waals surface area (Å²) >= 11 is 1.92. The zero-order valence-corrected chi connectivity index (χ0v) is 14.4. The molecule has 2 fully saturated rings. The van der Waals surface area contributed by atoms with Crippen molar-refractivity contribution in [2.75, 3.05) is 37.7 Å². The Hall–Kier alpha value is -1.07. The van der Waals surface area contributed by atoms with Crippen molar-refractivity contribution < 1.29 is 9.18 Å². The molecule has 126 valence electrons. The van der Waals surface area contributed by atoms with Crippen LogP contribution in [0.5, 0.6) is 0 Å². The van der Waals surface area contributed by atoms with Crippen molar-refractivity contribution in [3.05, 3.63) is 35.6 Å². The van der Waals surface area contributed by atoms with Crippen molar-refractivity contribution >= 4 is 17.7 Å². The average Bonchev–Trinajstić information content (AvgIpc) is 2.81. The van der Waals surface area contributed by atoms with Crippen LogP contribution in [-0.4, -0.2) is 59.4 Å². The van der Waals surface area contributed by atoms with Gasteiger partial charge in [0, 0.05) is 18.8 Å². The molecule has 3 rings (SSSR count). The predicted molar refractivity (Wildman–Crippen MR) is 93.5 cm³/mol. The molecule has 0 aromatic heterocycles. The van der Waals surface area contributed by atoms with Gasteiger partial charge >= 0.3 is 0 Å². The van der Waals surface area contributed by atoms with Gasteiger partial charge in [0.15, 0.2) is 0 Å². The van der Waals surface area contributed by atoms with Gasteiger partial charge in [-0.1, -0.05) is 18.6 Å². The van der Waals surface area contributed by atoms with Gasteiger partial charge in [-0.15, -0.1) is 0 Å². The van der Waals surface area contributed by atoms with Crippen molar-refractivity contribution in [2.45, 2.75) is 31.7 Å². The van der Waals surface area contributed by atoms with Gasteiger partial charge in [0.1, 0.15) is 5.82 Å². The van der Waals surface area contributed by atoms with Gasteiger partial charge < -0.3 is 9.80 Å². The van der Waals surface area contributed by atoms with E-state index in [4.69, 9.17) is 0 Å². The first-order valence-corrected chi connectivity index (χ1v) is 9.77. The maximum Gasteiger partial charge on any atom is 0.257 e. The molecule has 2 saturated heterocycles. The van der Waals surface area contributed by atoms with Crippen molar-refractivity contribution in [1.29, 1.82) is 0 Å². The van der Waals surface area contributed by atoms with Crippen LogP contribution in [0.1, 0.15) is 36.0 Å². The first-order valence-electron chi connectivity index (χ1n) is 8.61. The lowest BCUT2D eigenvalue weighted by Gasteiger charge is -2.35.